The zero-order valence-electron chi connectivity index (χ0n) is 16.8. The van der Waals surface area contributed by atoms with Crippen LogP contribution in [0.25, 0.3) is 10.9 Å². The van der Waals surface area contributed by atoms with E-state index in [1.165, 1.54) is 11.6 Å². The topological polar surface area (TPSA) is 78.9 Å². The van der Waals surface area contributed by atoms with E-state index >= 15 is 0 Å². The number of hydrogen-bond acceptors (Lipinski definition) is 5. The van der Waals surface area contributed by atoms with E-state index in [9.17, 15) is 4.79 Å². The minimum Gasteiger partial charge on any atom is -0.339 e. The van der Waals surface area contributed by atoms with Gasteiger partial charge in [0.25, 0.3) is 0 Å². The molecule has 0 radical (unpaired) electrons. The summed E-state index contributed by atoms with van der Waals surface area (Å²) in [4.78, 5) is 20.9. The van der Waals surface area contributed by atoms with Crippen molar-refractivity contribution < 1.29 is 4.79 Å². The Morgan fingerprint density at radius 1 is 0.935 bits per heavy atom. The molecule has 0 bridgehead atoms. The number of nitrogens with zero attached hydrogens (tertiary/aromatic N) is 2. The van der Waals surface area contributed by atoms with Gasteiger partial charge in [-0.3, -0.25) is 4.79 Å². The number of benzene rings is 3. The zero-order chi connectivity index (χ0) is 21.8. The molecule has 31 heavy (non-hydrogen) atoms. The van der Waals surface area contributed by atoms with Gasteiger partial charge in [0.2, 0.25) is 11.9 Å². The Morgan fingerprint density at radius 3 is 2.48 bits per heavy atom. The van der Waals surface area contributed by atoms with Gasteiger partial charge in [0.1, 0.15) is 5.82 Å². The highest BCUT2D eigenvalue weighted by atomic mass is 35.5. The number of aromatic nitrogens is 2. The van der Waals surface area contributed by atoms with Crippen LogP contribution in [0.5, 0.6) is 0 Å². The summed E-state index contributed by atoms with van der Waals surface area (Å²) in [5.41, 5.74) is 4.20. The van der Waals surface area contributed by atoms with E-state index in [-0.39, 0.29) is 5.91 Å². The number of nitrogens with one attached hydrogen (secondary N) is 3. The fourth-order valence-electron chi connectivity index (χ4n) is 3.02. The molecule has 3 aromatic carbocycles. The van der Waals surface area contributed by atoms with Crippen LogP contribution in [0.2, 0.25) is 5.02 Å². The van der Waals surface area contributed by atoms with Crippen LogP contribution in [-0.4, -0.2) is 15.9 Å². The van der Waals surface area contributed by atoms with Crippen molar-refractivity contribution in [1.82, 2.24) is 9.97 Å². The van der Waals surface area contributed by atoms with E-state index in [4.69, 9.17) is 11.6 Å². The minimum atomic E-state index is -0.277. The summed E-state index contributed by atoms with van der Waals surface area (Å²) in [6.45, 7) is 5.51. The van der Waals surface area contributed by atoms with Crippen LogP contribution in [0.15, 0.2) is 79.4 Å². The molecule has 1 amide bonds. The Bertz CT molecular complexity index is 1270. The second-order valence-corrected chi connectivity index (χ2v) is 7.38. The summed E-state index contributed by atoms with van der Waals surface area (Å²) >= 11 is 6.22. The molecule has 0 aliphatic rings. The average molecular weight is 430 g/mol. The first kappa shape index (κ1) is 20.4. The first-order chi connectivity index (χ1) is 15.0. The van der Waals surface area contributed by atoms with Gasteiger partial charge in [0.15, 0.2) is 0 Å². The average Bonchev–Trinajstić information content (AvgIpc) is 2.76. The van der Waals surface area contributed by atoms with Gasteiger partial charge >= 0.3 is 0 Å². The van der Waals surface area contributed by atoms with Crippen LogP contribution < -0.4 is 16.0 Å². The number of anilines is 5. The summed E-state index contributed by atoms with van der Waals surface area (Å²) in [6, 6.07) is 20.8. The Morgan fingerprint density at radius 2 is 1.71 bits per heavy atom. The van der Waals surface area contributed by atoms with Crippen molar-refractivity contribution in [3.63, 3.8) is 0 Å². The summed E-state index contributed by atoms with van der Waals surface area (Å²) in [6.07, 6.45) is 1.23. The SMILES string of the molecule is C=CC(=O)Nc1cccc(Nc2nc(Nc3ccc(C)cc3)nc3ccc(Cl)cc23)c1. The zero-order valence-corrected chi connectivity index (χ0v) is 17.6. The third-order valence-corrected chi connectivity index (χ3v) is 4.78. The van der Waals surface area contributed by atoms with Crippen LogP contribution in [0, 0.1) is 6.92 Å². The van der Waals surface area contributed by atoms with Gasteiger partial charge in [0.05, 0.1) is 5.52 Å². The van der Waals surface area contributed by atoms with Crippen molar-refractivity contribution in [2.24, 2.45) is 0 Å². The molecule has 0 unspecified atom stereocenters. The molecular formula is C24H20ClN5O. The highest BCUT2D eigenvalue weighted by Gasteiger charge is 2.10. The number of rotatable bonds is 6. The second-order valence-electron chi connectivity index (χ2n) is 6.95. The van der Waals surface area contributed by atoms with E-state index in [1.54, 1.807) is 12.1 Å². The third kappa shape index (κ3) is 4.99. The number of aryl methyl sites for hydroxylation is 1. The number of halogens is 1. The van der Waals surface area contributed by atoms with Crippen LogP contribution in [0.4, 0.5) is 28.8 Å². The second kappa shape index (κ2) is 8.85. The summed E-state index contributed by atoms with van der Waals surface area (Å²) < 4.78 is 0. The summed E-state index contributed by atoms with van der Waals surface area (Å²) in [7, 11) is 0. The first-order valence-corrected chi connectivity index (χ1v) is 9.99. The number of carbonyl (C=O) groups excluding carboxylic acids is 1. The predicted octanol–water partition coefficient (Wildman–Crippen LogP) is 6.20. The van der Waals surface area contributed by atoms with Crippen LogP contribution in [-0.2, 0) is 4.79 Å². The smallest absolute Gasteiger partial charge is 0.247 e. The van der Waals surface area contributed by atoms with Gasteiger partial charge < -0.3 is 16.0 Å². The molecule has 1 heterocycles. The Balaban J connectivity index is 1.71. The molecule has 3 N–H and O–H groups in total. The van der Waals surface area contributed by atoms with Crippen molar-refractivity contribution >= 4 is 57.2 Å². The number of hydrogen-bond donors (Lipinski definition) is 3. The molecule has 1 aromatic heterocycles. The van der Waals surface area contributed by atoms with Crippen LogP contribution >= 0.6 is 11.6 Å². The van der Waals surface area contributed by atoms with Crippen molar-refractivity contribution in [3.05, 3.63) is 90.0 Å². The highest BCUT2D eigenvalue weighted by Crippen LogP contribution is 2.29. The molecule has 0 spiro atoms. The minimum absolute atomic E-state index is 0.277. The monoisotopic (exact) mass is 429 g/mol. The van der Waals surface area contributed by atoms with E-state index in [1.807, 2.05) is 61.5 Å². The number of fused-ring (bicyclic) bond motifs is 1. The fraction of sp³-hybridized carbons (Fsp3) is 0.0417. The van der Waals surface area contributed by atoms with Gasteiger partial charge in [-0.05, 0) is 61.5 Å². The van der Waals surface area contributed by atoms with Gasteiger partial charge in [0, 0.05) is 27.5 Å². The van der Waals surface area contributed by atoms with Gasteiger partial charge in [-0.2, -0.15) is 4.98 Å². The van der Waals surface area contributed by atoms with Crippen molar-refractivity contribution in [3.8, 4) is 0 Å². The van der Waals surface area contributed by atoms with E-state index < -0.39 is 0 Å². The highest BCUT2D eigenvalue weighted by molar-refractivity contribution is 6.31. The molecule has 0 atom stereocenters. The van der Waals surface area contributed by atoms with Gasteiger partial charge in [-0.1, -0.05) is 41.9 Å². The molecular weight excluding hydrogens is 410 g/mol. The normalized spacial score (nSPS) is 10.5. The lowest BCUT2D eigenvalue weighted by Gasteiger charge is -2.13. The maximum atomic E-state index is 11.6. The third-order valence-electron chi connectivity index (χ3n) is 4.54. The van der Waals surface area contributed by atoms with E-state index in [0.29, 0.717) is 22.5 Å². The summed E-state index contributed by atoms with van der Waals surface area (Å²) in [5, 5.41) is 10.7. The number of amides is 1. The van der Waals surface area contributed by atoms with Crippen molar-refractivity contribution in [2.45, 2.75) is 6.92 Å². The van der Waals surface area contributed by atoms with Crippen molar-refractivity contribution in [2.75, 3.05) is 16.0 Å². The Kier molecular flexibility index (Phi) is 5.82. The van der Waals surface area contributed by atoms with Crippen molar-refractivity contribution in [1.29, 1.82) is 0 Å². The molecule has 0 saturated carbocycles. The van der Waals surface area contributed by atoms with Gasteiger partial charge in [-0.15, -0.1) is 0 Å². The molecule has 0 aliphatic carbocycles. The van der Waals surface area contributed by atoms with Gasteiger partial charge in [-0.25, -0.2) is 4.98 Å². The standard InChI is InChI=1S/C24H20ClN5O/c1-3-22(31)26-18-5-4-6-19(14-18)27-23-20-13-16(25)9-12-21(20)29-24(30-23)28-17-10-7-15(2)8-11-17/h3-14H,1H2,2H3,(H,26,31)(H2,27,28,29,30). The lowest BCUT2D eigenvalue weighted by Crippen LogP contribution is -2.07. The fourth-order valence-corrected chi connectivity index (χ4v) is 3.19. The van der Waals surface area contributed by atoms with E-state index in [0.717, 1.165) is 22.3 Å². The van der Waals surface area contributed by atoms with Crippen LogP contribution in [0.1, 0.15) is 5.56 Å². The molecule has 7 heteroatoms. The van der Waals surface area contributed by atoms with E-state index in [2.05, 4.69) is 32.5 Å². The quantitative estimate of drug-likeness (QED) is 0.318. The molecule has 154 valence electrons. The largest absolute Gasteiger partial charge is 0.339 e. The number of carbonyl (C=O) groups is 1. The molecule has 6 nitrogen and oxygen atoms in total. The Hall–Kier alpha value is -3.90. The lowest BCUT2D eigenvalue weighted by molar-refractivity contribution is -0.111. The predicted molar refractivity (Wildman–Crippen MR) is 128 cm³/mol. The Labute approximate surface area is 185 Å². The molecule has 0 fully saturated rings. The molecule has 0 aliphatic heterocycles. The molecule has 4 rings (SSSR count). The molecule has 0 saturated heterocycles. The summed E-state index contributed by atoms with van der Waals surface area (Å²) in [5.74, 6) is 0.771. The molecule has 4 aromatic rings. The first-order valence-electron chi connectivity index (χ1n) is 9.62. The maximum Gasteiger partial charge on any atom is 0.247 e. The van der Waals surface area contributed by atoms with Crippen LogP contribution in [0.3, 0.4) is 0 Å². The maximum absolute atomic E-state index is 11.6. The lowest BCUT2D eigenvalue weighted by atomic mass is 10.2.